The van der Waals surface area contributed by atoms with Crippen LogP contribution in [0.15, 0.2) is 54.6 Å². The van der Waals surface area contributed by atoms with Gasteiger partial charge in [0.2, 0.25) is 0 Å². The number of rotatable bonds is 4. The summed E-state index contributed by atoms with van der Waals surface area (Å²) >= 11 is 0. The van der Waals surface area contributed by atoms with E-state index in [2.05, 4.69) is 53.8 Å². The van der Waals surface area contributed by atoms with Crippen LogP contribution < -0.4 is 10.1 Å². The van der Waals surface area contributed by atoms with E-state index < -0.39 is 0 Å². The zero-order valence-corrected chi connectivity index (χ0v) is 11.0. The molecular formula is C17H19NO. The molecule has 2 nitrogen and oxygen atoms in total. The molecule has 0 spiro atoms. The molecule has 0 aliphatic carbocycles. The molecule has 1 heterocycles. The van der Waals surface area contributed by atoms with Crippen molar-refractivity contribution in [1.82, 2.24) is 5.32 Å². The summed E-state index contributed by atoms with van der Waals surface area (Å²) in [5.74, 6) is 1.63. The van der Waals surface area contributed by atoms with E-state index in [1.54, 1.807) is 0 Å². The lowest BCUT2D eigenvalue weighted by Gasteiger charge is -2.11. The van der Waals surface area contributed by atoms with Gasteiger partial charge in [-0.25, -0.2) is 0 Å². The van der Waals surface area contributed by atoms with Gasteiger partial charge in [-0.05, 0) is 36.2 Å². The molecule has 3 rings (SSSR count). The molecule has 19 heavy (non-hydrogen) atoms. The summed E-state index contributed by atoms with van der Waals surface area (Å²) in [5.41, 5.74) is 2.48. The maximum Gasteiger partial charge on any atom is 0.119 e. The largest absolute Gasteiger partial charge is 0.493 e. The second-order valence-electron chi connectivity index (χ2n) is 5.06. The molecule has 2 aromatic carbocycles. The molecule has 0 unspecified atom stereocenters. The molecule has 1 saturated heterocycles. The summed E-state index contributed by atoms with van der Waals surface area (Å²) in [7, 11) is 0. The minimum Gasteiger partial charge on any atom is -0.493 e. The van der Waals surface area contributed by atoms with Crippen molar-refractivity contribution in [3.05, 3.63) is 54.6 Å². The molecule has 0 amide bonds. The summed E-state index contributed by atoms with van der Waals surface area (Å²) in [6.07, 6.45) is 1.22. The third-order valence-electron chi connectivity index (χ3n) is 3.61. The first kappa shape index (κ1) is 12.2. The quantitative estimate of drug-likeness (QED) is 0.902. The maximum absolute atomic E-state index is 5.84. The Morgan fingerprint density at radius 3 is 2.37 bits per heavy atom. The molecular weight excluding hydrogens is 234 g/mol. The lowest BCUT2D eigenvalue weighted by atomic mass is 10.1. The smallest absolute Gasteiger partial charge is 0.119 e. The lowest BCUT2D eigenvalue weighted by Crippen LogP contribution is -2.15. The number of hydrogen-bond donors (Lipinski definition) is 1. The Labute approximate surface area is 114 Å². The molecule has 0 saturated carbocycles. The highest BCUT2D eigenvalue weighted by atomic mass is 16.5. The predicted octanol–water partition coefficient (Wildman–Crippen LogP) is 3.34. The fraction of sp³-hybridized carbons (Fsp3) is 0.294. The summed E-state index contributed by atoms with van der Waals surface area (Å²) < 4.78 is 5.84. The fourth-order valence-corrected chi connectivity index (χ4v) is 2.44. The minimum atomic E-state index is 0.661. The van der Waals surface area contributed by atoms with E-state index in [4.69, 9.17) is 4.74 Å². The molecule has 1 fully saturated rings. The summed E-state index contributed by atoms with van der Waals surface area (Å²) in [6.45, 7) is 3.03. The van der Waals surface area contributed by atoms with Crippen molar-refractivity contribution in [3.63, 3.8) is 0 Å². The lowest BCUT2D eigenvalue weighted by molar-refractivity contribution is 0.260. The first-order valence-corrected chi connectivity index (χ1v) is 6.91. The molecule has 0 bridgehead atoms. The Hall–Kier alpha value is -1.80. The van der Waals surface area contributed by atoms with E-state index in [0.717, 1.165) is 25.4 Å². The second-order valence-corrected chi connectivity index (χ2v) is 5.06. The third kappa shape index (κ3) is 3.15. The van der Waals surface area contributed by atoms with Crippen LogP contribution in [0.3, 0.4) is 0 Å². The predicted molar refractivity (Wildman–Crippen MR) is 78.3 cm³/mol. The van der Waals surface area contributed by atoms with Crippen LogP contribution in [0.2, 0.25) is 0 Å². The molecule has 1 atom stereocenters. The zero-order chi connectivity index (χ0) is 12.9. The van der Waals surface area contributed by atoms with E-state index in [9.17, 15) is 0 Å². The molecule has 1 aliphatic rings. The average Bonchev–Trinajstić information content (AvgIpc) is 3.00. The maximum atomic E-state index is 5.84. The van der Waals surface area contributed by atoms with Crippen LogP contribution in [0.4, 0.5) is 0 Å². The van der Waals surface area contributed by atoms with Gasteiger partial charge in [0.15, 0.2) is 0 Å². The number of nitrogens with one attached hydrogen (secondary N) is 1. The fourth-order valence-electron chi connectivity index (χ4n) is 2.44. The standard InChI is InChI=1S/C17H19NO/c1-2-4-15(5-3-1)16-6-8-17(9-7-16)19-13-14-10-11-18-12-14/h1-9,14,18H,10-13H2/t14-/m1/s1. The Balaban J connectivity index is 1.62. The third-order valence-corrected chi connectivity index (χ3v) is 3.61. The van der Waals surface area contributed by atoms with Gasteiger partial charge in [-0.1, -0.05) is 42.5 Å². The highest BCUT2D eigenvalue weighted by Gasteiger charge is 2.14. The van der Waals surface area contributed by atoms with Crippen molar-refractivity contribution in [2.75, 3.05) is 19.7 Å². The van der Waals surface area contributed by atoms with Gasteiger partial charge >= 0.3 is 0 Å². The van der Waals surface area contributed by atoms with Crippen LogP contribution in [0.5, 0.6) is 5.75 Å². The summed E-state index contributed by atoms with van der Waals surface area (Å²) in [5, 5.41) is 3.36. The SMILES string of the molecule is c1ccc(-c2ccc(OC[C@@H]3CCNC3)cc2)cc1. The van der Waals surface area contributed by atoms with E-state index in [-0.39, 0.29) is 0 Å². The molecule has 0 radical (unpaired) electrons. The normalized spacial score (nSPS) is 18.4. The Morgan fingerprint density at radius 1 is 0.947 bits per heavy atom. The number of hydrogen-bond acceptors (Lipinski definition) is 2. The zero-order valence-electron chi connectivity index (χ0n) is 11.0. The van der Waals surface area contributed by atoms with Crippen LogP contribution in [0.1, 0.15) is 6.42 Å². The molecule has 98 valence electrons. The highest BCUT2D eigenvalue weighted by Crippen LogP contribution is 2.22. The number of benzene rings is 2. The second kappa shape index (κ2) is 5.89. The Bertz CT molecular complexity index is 501. The van der Waals surface area contributed by atoms with Gasteiger partial charge in [0.25, 0.3) is 0 Å². The first-order valence-electron chi connectivity index (χ1n) is 6.91. The van der Waals surface area contributed by atoms with Crippen LogP contribution in [-0.4, -0.2) is 19.7 Å². The van der Waals surface area contributed by atoms with Crippen molar-refractivity contribution in [2.24, 2.45) is 5.92 Å². The van der Waals surface area contributed by atoms with Crippen molar-refractivity contribution in [3.8, 4) is 16.9 Å². The Morgan fingerprint density at radius 2 is 1.68 bits per heavy atom. The van der Waals surface area contributed by atoms with Gasteiger partial charge in [0.1, 0.15) is 5.75 Å². The van der Waals surface area contributed by atoms with E-state index in [0.29, 0.717) is 5.92 Å². The van der Waals surface area contributed by atoms with Crippen molar-refractivity contribution >= 4 is 0 Å². The van der Waals surface area contributed by atoms with Crippen molar-refractivity contribution in [2.45, 2.75) is 6.42 Å². The number of ether oxygens (including phenoxy) is 1. The van der Waals surface area contributed by atoms with Crippen LogP contribution in [-0.2, 0) is 0 Å². The van der Waals surface area contributed by atoms with E-state index >= 15 is 0 Å². The van der Waals surface area contributed by atoms with Crippen LogP contribution in [0, 0.1) is 5.92 Å². The highest BCUT2D eigenvalue weighted by molar-refractivity contribution is 5.63. The van der Waals surface area contributed by atoms with Gasteiger partial charge in [-0.15, -0.1) is 0 Å². The van der Waals surface area contributed by atoms with Gasteiger partial charge in [-0.2, -0.15) is 0 Å². The van der Waals surface area contributed by atoms with Gasteiger partial charge < -0.3 is 10.1 Å². The van der Waals surface area contributed by atoms with Crippen molar-refractivity contribution in [1.29, 1.82) is 0 Å². The van der Waals surface area contributed by atoms with Crippen molar-refractivity contribution < 1.29 is 4.74 Å². The molecule has 1 N–H and O–H groups in total. The topological polar surface area (TPSA) is 21.3 Å². The van der Waals surface area contributed by atoms with Crippen LogP contribution >= 0.6 is 0 Å². The first-order chi connectivity index (χ1) is 9.42. The van der Waals surface area contributed by atoms with E-state index in [1.807, 2.05) is 6.07 Å². The molecule has 2 aromatic rings. The summed E-state index contributed by atoms with van der Waals surface area (Å²) in [6, 6.07) is 18.8. The monoisotopic (exact) mass is 253 g/mol. The molecule has 1 aliphatic heterocycles. The Kier molecular flexibility index (Phi) is 3.80. The molecule has 2 heteroatoms. The van der Waals surface area contributed by atoms with Gasteiger partial charge in [0.05, 0.1) is 6.61 Å². The average molecular weight is 253 g/mol. The summed E-state index contributed by atoms with van der Waals surface area (Å²) in [4.78, 5) is 0. The van der Waals surface area contributed by atoms with Gasteiger partial charge in [-0.3, -0.25) is 0 Å². The van der Waals surface area contributed by atoms with E-state index in [1.165, 1.54) is 17.5 Å². The van der Waals surface area contributed by atoms with Gasteiger partial charge in [0, 0.05) is 12.5 Å². The van der Waals surface area contributed by atoms with Crippen LogP contribution in [0.25, 0.3) is 11.1 Å². The molecule has 0 aromatic heterocycles. The minimum absolute atomic E-state index is 0.661.